The second-order valence-electron chi connectivity index (χ2n) is 3.41. The van der Waals surface area contributed by atoms with Crippen molar-refractivity contribution in [3.05, 3.63) is 29.3 Å². The Morgan fingerprint density at radius 3 is 2.88 bits per heavy atom. The van der Waals surface area contributed by atoms with Crippen LogP contribution in [0.4, 0.5) is 0 Å². The SMILES string of the molecule is C#CC(C)NCc1cc(C#N)ccc1OC. The molecule has 16 heavy (non-hydrogen) atoms. The molecule has 0 saturated heterocycles. The highest BCUT2D eigenvalue weighted by Gasteiger charge is 2.05. The number of nitrogens with zero attached hydrogens (tertiary/aromatic N) is 1. The van der Waals surface area contributed by atoms with E-state index in [0.29, 0.717) is 12.1 Å². The first kappa shape index (κ1) is 12.1. The van der Waals surface area contributed by atoms with Crippen LogP contribution in [-0.2, 0) is 6.54 Å². The van der Waals surface area contributed by atoms with Crippen molar-refractivity contribution in [2.45, 2.75) is 19.5 Å². The molecule has 1 rings (SSSR count). The van der Waals surface area contributed by atoms with Gasteiger partial charge in [0, 0.05) is 12.1 Å². The molecule has 1 atom stereocenters. The molecule has 1 unspecified atom stereocenters. The van der Waals surface area contributed by atoms with E-state index < -0.39 is 0 Å². The molecule has 0 saturated carbocycles. The van der Waals surface area contributed by atoms with Gasteiger partial charge in [-0.05, 0) is 25.1 Å². The second kappa shape index (κ2) is 5.80. The minimum Gasteiger partial charge on any atom is -0.496 e. The van der Waals surface area contributed by atoms with Gasteiger partial charge in [0.05, 0.1) is 24.8 Å². The predicted octanol–water partition coefficient (Wildman–Crippen LogP) is 1.68. The summed E-state index contributed by atoms with van der Waals surface area (Å²) in [5.74, 6) is 3.34. The fourth-order valence-corrected chi connectivity index (χ4v) is 1.31. The van der Waals surface area contributed by atoms with Crippen LogP contribution >= 0.6 is 0 Å². The first-order valence-corrected chi connectivity index (χ1v) is 4.97. The first-order valence-electron chi connectivity index (χ1n) is 4.97. The topological polar surface area (TPSA) is 45.0 Å². The molecule has 0 heterocycles. The third-order valence-corrected chi connectivity index (χ3v) is 2.26. The highest BCUT2D eigenvalue weighted by atomic mass is 16.5. The van der Waals surface area contributed by atoms with Crippen LogP contribution in [-0.4, -0.2) is 13.2 Å². The van der Waals surface area contributed by atoms with Crippen LogP contribution in [0.15, 0.2) is 18.2 Å². The smallest absolute Gasteiger partial charge is 0.123 e. The average molecular weight is 214 g/mol. The van der Waals surface area contributed by atoms with E-state index >= 15 is 0 Å². The maximum Gasteiger partial charge on any atom is 0.123 e. The van der Waals surface area contributed by atoms with Crippen LogP contribution < -0.4 is 10.1 Å². The summed E-state index contributed by atoms with van der Waals surface area (Å²) in [6.07, 6.45) is 5.27. The van der Waals surface area contributed by atoms with Gasteiger partial charge < -0.3 is 4.74 Å². The third kappa shape index (κ3) is 3.02. The monoisotopic (exact) mass is 214 g/mol. The molecular formula is C13H14N2O. The number of nitriles is 1. The number of terminal acetylenes is 1. The summed E-state index contributed by atoms with van der Waals surface area (Å²) < 4.78 is 5.21. The normalized spacial score (nSPS) is 11.2. The minimum absolute atomic E-state index is 0.00421. The van der Waals surface area contributed by atoms with Gasteiger partial charge in [-0.1, -0.05) is 5.92 Å². The molecule has 3 nitrogen and oxygen atoms in total. The van der Waals surface area contributed by atoms with Crippen LogP contribution in [0.2, 0.25) is 0 Å². The minimum atomic E-state index is -0.00421. The highest BCUT2D eigenvalue weighted by molar-refractivity contribution is 5.42. The van der Waals surface area contributed by atoms with Gasteiger partial charge in [0.15, 0.2) is 0 Å². The zero-order valence-electron chi connectivity index (χ0n) is 9.45. The Hall–Kier alpha value is -1.97. The lowest BCUT2D eigenvalue weighted by Crippen LogP contribution is -2.23. The molecule has 0 aromatic heterocycles. The molecule has 0 aliphatic heterocycles. The second-order valence-corrected chi connectivity index (χ2v) is 3.41. The van der Waals surface area contributed by atoms with Gasteiger partial charge in [-0.3, -0.25) is 5.32 Å². The van der Waals surface area contributed by atoms with Crippen molar-refractivity contribution < 1.29 is 4.74 Å². The summed E-state index contributed by atoms with van der Waals surface area (Å²) >= 11 is 0. The van der Waals surface area contributed by atoms with Crippen molar-refractivity contribution in [3.8, 4) is 24.2 Å². The number of hydrogen-bond acceptors (Lipinski definition) is 3. The van der Waals surface area contributed by atoms with E-state index in [1.807, 2.05) is 6.92 Å². The predicted molar refractivity (Wildman–Crippen MR) is 62.8 cm³/mol. The summed E-state index contributed by atoms with van der Waals surface area (Å²) in [4.78, 5) is 0. The molecule has 0 spiro atoms. The largest absolute Gasteiger partial charge is 0.496 e. The van der Waals surface area contributed by atoms with E-state index in [2.05, 4.69) is 17.3 Å². The van der Waals surface area contributed by atoms with Gasteiger partial charge >= 0.3 is 0 Å². The van der Waals surface area contributed by atoms with E-state index in [0.717, 1.165) is 11.3 Å². The van der Waals surface area contributed by atoms with Gasteiger partial charge in [-0.15, -0.1) is 6.42 Å². The number of benzene rings is 1. The Morgan fingerprint density at radius 1 is 1.56 bits per heavy atom. The molecule has 0 amide bonds. The Morgan fingerprint density at radius 2 is 2.31 bits per heavy atom. The van der Waals surface area contributed by atoms with Gasteiger partial charge in [-0.25, -0.2) is 0 Å². The molecule has 0 fully saturated rings. The average Bonchev–Trinajstić information content (AvgIpc) is 2.35. The van der Waals surface area contributed by atoms with Crippen molar-refractivity contribution in [1.29, 1.82) is 5.26 Å². The van der Waals surface area contributed by atoms with Gasteiger partial charge in [0.25, 0.3) is 0 Å². The molecule has 1 N–H and O–H groups in total. The fourth-order valence-electron chi connectivity index (χ4n) is 1.31. The lowest BCUT2D eigenvalue weighted by atomic mass is 10.1. The van der Waals surface area contributed by atoms with E-state index in [1.165, 1.54) is 0 Å². The van der Waals surface area contributed by atoms with Crippen LogP contribution in [0.1, 0.15) is 18.1 Å². The lowest BCUT2D eigenvalue weighted by Gasteiger charge is -2.11. The van der Waals surface area contributed by atoms with E-state index in [1.54, 1.807) is 25.3 Å². The first-order chi connectivity index (χ1) is 7.71. The van der Waals surface area contributed by atoms with Crippen molar-refractivity contribution in [2.24, 2.45) is 0 Å². The summed E-state index contributed by atoms with van der Waals surface area (Å²) in [5, 5.41) is 12.0. The molecular weight excluding hydrogens is 200 g/mol. The van der Waals surface area contributed by atoms with Crippen LogP contribution in [0.5, 0.6) is 5.75 Å². The molecule has 0 radical (unpaired) electrons. The molecule has 0 aliphatic rings. The summed E-state index contributed by atoms with van der Waals surface area (Å²) in [7, 11) is 1.61. The van der Waals surface area contributed by atoms with Crippen LogP contribution in [0.25, 0.3) is 0 Å². The molecule has 3 heteroatoms. The molecule has 0 bridgehead atoms. The van der Waals surface area contributed by atoms with Crippen molar-refractivity contribution in [3.63, 3.8) is 0 Å². The Balaban J connectivity index is 2.85. The van der Waals surface area contributed by atoms with Crippen molar-refractivity contribution in [2.75, 3.05) is 7.11 Å². The number of methoxy groups -OCH3 is 1. The van der Waals surface area contributed by atoms with E-state index in [4.69, 9.17) is 16.4 Å². The maximum absolute atomic E-state index is 8.81. The zero-order chi connectivity index (χ0) is 12.0. The number of rotatable bonds is 4. The lowest BCUT2D eigenvalue weighted by molar-refractivity contribution is 0.407. The van der Waals surface area contributed by atoms with Crippen molar-refractivity contribution in [1.82, 2.24) is 5.32 Å². The summed E-state index contributed by atoms with van der Waals surface area (Å²) in [6, 6.07) is 7.41. The van der Waals surface area contributed by atoms with Crippen LogP contribution in [0, 0.1) is 23.7 Å². The third-order valence-electron chi connectivity index (χ3n) is 2.26. The number of ether oxygens (including phenoxy) is 1. The van der Waals surface area contributed by atoms with E-state index in [9.17, 15) is 0 Å². The molecule has 1 aromatic rings. The van der Waals surface area contributed by atoms with Gasteiger partial charge in [0.2, 0.25) is 0 Å². The van der Waals surface area contributed by atoms with Gasteiger partial charge in [-0.2, -0.15) is 5.26 Å². The van der Waals surface area contributed by atoms with E-state index in [-0.39, 0.29) is 6.04 Å². The van der Waals surface area contributed by atoms with Crippen LogP contribution in [0.3, 0.4) is 0 Å². The molecule has 1 aromatic carbocycles. The van der Waals surface area contributed by atoms with Crippen molar-refractivity contribution >= 4 is 0 Å². The number of nitrogens with one attached hydrogen (secondary N) is 1. The fraction of sp³-hybridized carbons (Fsp3) is 0.308. The Bertz CT molecular complexity index is 440. The Labute approximate surface area is 96.0 Å². The standard InChI is InChI=1S/C13H14N2O/c1-4-10(2)15-9-12-7-11(8-14)5-6-13(12)16-3/h1,5-7,10,15H,9H2,2-3H3. The summed E-state index contributed by atoms with van der Waals surface area (Å²) in [5.41, 5.74) is 1.55. The quantitative estimate of drug-likeness (QED) is 0.775. The zero-order valence-corrected chi connectivity index (χ0v) is 9.45. The Kier molecular flexibility index (Phi) is 4.39. The molecule has 82 valence electrons. The molecule has 0 aliphatic carbocycles. The summed E-state index contributed by atoms with van der Waals surface area (Å²) in [6.45, 7) is 2.49. The number of hydrogen-bond donors (Lipinski definition) is 1. The highest BCUT2D eigenvalue weighted by Crippen LogP contribution is 2.19. The van der Waals surface area contributed by atoms with Gasteiger partial charge in [0.1, 0.15) is 5.75 Å². The maximum atomic E-state index is 8.81.